The number of amides is 3. The minimum absolute atomic E-state index is 0.00185. The van der Waals surface area contributed by atoms with Crippen LogP contribution < -0.4 is 0 Å². The number of carbonyl (C=O) groups is 2. The fraction of sp³-hybridized carbons (Fsp3) is 0.552. The number of urea groups is 1. The van der Waals surface area contributed by atoms with Gasteiger partial charge in [0.1, 0.15) is 0 Å². The molecule has 1 atom stereocenters. The fourth-order valence-corrected chi connectivity index (χ4v) is 5.98. The first-order chi connectivity index (χ1) is 17.9. The average molecular weight is 506 g/mol. The van der Waals surface area contributed by atoms with Gasteiger partial charge >= 0.3 is 6.03 Å². The summed E-state index contributed by atoms with van der Waals surface area (Å²) in [6, 6.07) is 12.6. The number of carbonyl (C=O) groups excluding carboxylic acids is 2. The number of nitrogens with zero attached hydrogens (tertiary/aromatic N) is 5. The first-order valence-electron chi connectivity index (χ1n) is 13.6. The van der Waals surface area contributed by atoms with Crippen LogP contribution in [0, 0.1) is 5.92 Å². The van der Waals surface area contributed by atoms with Gasteiger partial charge < -0.3 is 19.8 Å². The standard InChI is InChI=1S/C29H39N5O3/c1-22(35)32-12-7-23(8-13-32)16-27-17-24(6-10-30-27)18-33-14-15-34(29(33)37)21-28(36)20-31-11-9-25-4-2-3-5-26(25)19-31/h2-6,10,17,23,28,36H,7-9,11-16,18-21H2,1H3/t28-/m1/s1. The van der Waals surface area contributed by atoms with Gasteiger partial charge in [-0.3, -0.25) is 14.7 Å². The van der Waals surface area contributed by atoms with E-state index in [-0.39, 0.29) is 11.9 Å². The summed E-state index contributed by atoms with van der Waals surface area (Å²) in [4.78, 5) is 37.1. The molecule has 1 aromatic heterocycles. The second-order valence-corrected chi connectivity index (χ2v) is 10.9. The number of aliphatic hydroxyl groups is 1. The summed E-state index contributed by atoms with van der Waals surface area (Å²) in [6.45, 7) is 7.92. The summed E-state index contributed by atoms with van der Waals surface area (Å²) >= 11 is 0. The summed E-state index contributed by atoms with van der Waals surface area (Å²) in [5.41, 5.74) is 4.88. The maximum atomic E-state index is 13.1. The lowest BCUT2D eigenvalue weighted by Gasteiger charge is -2.31. The lowest BCUT2D eigenvalue weighted by Crippen LogP contribution is -2.43. The molecule has 1 aromatic carbocycles. The zero-order valence-corrected chi connectivity index (χ0v) is 21.9. The molecule has 0 unspecified atom stereocenters. The molecule has 198 valence electrons. The number of aromatic nitrogens is 1. The zero-order chi connectivity index (χ0) is 25.8. The van der Waals surface area contributed by atoms with Crippen LogP contribution in [0.25, 0.3) is 0 Å². The van der Waals surface area contributed by atoms with Crippen molar-refractivity contribution < 1.29 is 14.7 Å². The van der Waals surface area contributed by atoms with E-state index in [1.54, 1.807) is 11.8 Å². The monoisotopic (exact) mass is 505 g/mol. The van der Waals surface area contributed by atoms with Crippen LogP contribution in [0.2, 0.25) is 0 Å². The number of fused-ring (bicyclic) bond motifs is 1. The fourth-order valence-electron chi connectivity index (χ4n) is 5.98. The van der Waals surface area contributed by atoms with Gasteiger partial charge in [-0.05, 0) is 60.4 Å². The minimum atomic E-state index is -0.559. The van der Waals surface area contributed by atoms with Crippen molar-refractivity contribution in [1.29, 1.82) is 0 Å². The molecule has 5 rings (SSSR count). The van der Waals surface area contributed by atoms with E-state index in [1.807, 2.05) is 22.1 Å². The van der Waals surface area contributed by atoms with Gasteiger partial charge in [0.15, 0.2) is 0 Å². The number of pyridine rings is 1. The predicted octanol–water partition coefficient (Wildman–Crippen LogP) is 2.54. The number of likely N-dealkylation sites (tertiary alicyclic amines) is 1. The maximum Gasteiger partial charge on any atom is 0.320 e. The largest absolute Gasteiger partial charge is 0.390 e. The molecule has 0 aliphatic carbocycles. The Labute approximate surface area is 219 Å². The van der Waals surface area contributed by atoms with E-state index in [9.17, 15) is 14.7 Å². The predicted molar refractivity (Wildman–Crippen MR) is 142 cm³/mol. The van der Waals surface area contributed by atoms with E-state index in [1.165, 1.54) is 11.1 Å². The highest BCUT2D eigenvalue weighted by molar-refractivity contribution is 5.76. The van der Waals surface area contributed by atoms with Crippen molar-refractivity contribution in [2.75, 3.05) is 45.8 Å². The molecule has 0 spiro atoms. The molecule has 3 aliphatic rings. The van der Waals surface area contributed by atoms with Crippen LogP contribution in [0.5, 0.6) is 0 Å². The van der Waals surface area contributed by atoms with Crippen LogP contribution in [-0.2, 0) is 30.7 Å². The van der Waals surface area contributed by atoms with Gasteiger partial charge in [-0.1, -0.05) is 24.3 Å². The van der Waals surface area contributed by atoms with Crippen LogP contribution in [0.4, 0.5) is 4.79 Å². The average Bonchev–Trinajstić information content (AvgIpc) is 3.23. The topological polar surface area (TPSA) is 80.2 Å². The second kappa shape index (κ2) is 11.6. The van der Waals surface area contributed by atoms with Crippen LogP contribution in [0.1, 0.15) is 42.1 Å². The first-order valence-corrected chi connectivity index (χ1v) is 13.6. The Balaban J connectivity index is 1.09. The number of piperidine rings is 1. The summed E-state index contributed by atoms with van der Waals surface area (Å²) in [6.07, 6.45) is 5.22. The third kappa shape index (κ3) is 6.48. The van der Waals surface area contributed by atoms with Gasteiger partial charge in [0.25, 0.3) is 0 Å². The number of rotatable bonds is 8. The van der Waals surface area contributed by atoms with Crippen LogP contribution >= 0.6 is 0 Å². The van der Waals surface area contributed by atoms with E-state index < -0.39 is 6.10 Å². The molecular formula is C29H39N5O3. The van der Waals surface area contributed by atoms with Crippen LogP contribution in [0.3, 0.4) is 0 Å². The SMILES string of the molecule is CC(=O)N1CCC(Cc2cc(CN3CCN(C[C@H](O)CN4CCc5ccccc5C4)C3=O)ccn2)CC1. The molecule has 0 saturated carbocycles. The summed E-state index contributed by atoms with van der Waals surface area (Å²) in [5.74, 6) is 0.699. The van der Waals surface area contributed by atoms with E-state index >= 15 is 0 Å². The third-order valence-corrected chi connectivity index (χ3v) is 8.10. The molecule has 2 aromatic rings. The lowest BCUT2D eigenvalue weighted by molar-refractivity contribution is -0.130. The summed E-state index contributed by atoms with van der Waals surface area (Å²) < 4.78 is 0. The van der Waals surface area contributed by atoms with Crippen LogP contribution in [-0.4, -0.2) is 93.5 Å². The van der Waals surface area contributed by atoms with E-state index in [4.69, 9.17) is 0 Å². The molecule has 4 heterocycles. The Morgan fingerprint density at radius 3 is 2.57 bits per heavy atom. The quantitative estimate of drug-likeness (QED) is 0.597. The molecule has 2 fully saturated rings. The minimum Gasteiger partial charge on any atom is -0.390 e. The Kier molecular flexibility index (Phi) is 8.05. The lowest BCUT2D eigenvalue weighted by atomic mass is 9.91. The molecule has 1 N–H and O–H groups in total. The van der Waals surface area contributed by atoms with E-state index in [2.05, 4.69) is 40.2 Å². The molecule has 2 saturated heterocycles. The Morgan fingerprint density at radius 1 is 1.03 bits per heavy atom. The van der Waals surface area contributed by atoms with Gasteiger partial charge in [0.2, 0.25) is 5.91 Å². The van der Waals surface area contributed by atoms with Crippen molar-refractivity contribution in [1.82, 2.24) is 24.6 Å². The normalized spacial score (nSPS) is 19.8. The highest BCUT2D eigenvalue weighted by Crippen LogP contribution is 2.23. The third-order valence-electron chi connectivity index (χ3n) is 8.10. The van der Waals surface area contributed by atoms with Gasteiger partial charge in [0, 0.05) is 77.7 Å². The Morgan fingerprint density at radius 2 is 1.78 bits per heavy atom. The Bertz CT molecular complexity index is 1100. The molecule has 8 heteroatoms. The maximum absolute atomic E-state index is 13.1. The second-order valence-electron chi connectivity index (χ2n) is 10.9. The number of hydrogen-bond acceptors (Lipinski definition) is 5. The first kappa shape index (κ1) is 25.7. The molecular weight excluding hydrogens is 466 g/mol. The zero-order valence-electron chi connectivity index (χ0n) is 21.9. The van der Waals surface area contributed by atoms with E-state index in [0.717, 1.165) is 63.1 Å². The van der Waals surface area contributed by atoms with Crippen molar-refractivity contribution in [3.63, 3.8) is 0 Å². The highest BCUT2D eigenvalue weighted by atomic mass is 16.3. The molecule has 37 heavy (non-hydrogen) atoms. The van der Waals surface area contributed by atoms with Crippen molar-refractivity contribution >= 4 is 11.9 Å². The summed E-state index contributed by atoms with van der Waals surface area (Å²) in [5, 5.41) is 10.8. The molecule has 0 bridgehead atoms. The van der Waals surface area contributed by atoms with Crippen molar-refractivity contribution in [3.05, 3.63) is 65.0 Å². The van der Waals surface area contributed by atoms with Crippen molar-refractivity contribution in [3.8, 4) is 0 Å². The van der Waals surface area contributed by atoms with Gasteiger partial charge in [-0.15, -0.1) is 0 Å². The van der Waals surface area contributed by atoms with Gasteiger partial charge in [0.05, 0.1) is 6.10 Å². The molecule has 3 aliphatic heterocycles. The van der Waals surface area contributed by atoms with Crippen molar-refractivity contribution in [2.45, 2.75) is 51.8 Å². The summed E-state index contributed by atoms with van der Waals surface area (Å²) in [7, 11) is 0. The molecule has 8 nitrogen and oxygen atoms in total. The Hall–Kier alpha value is -2.97. The van der Waals surface area contributed by atoms with Crippen LogP contribution in [0.15, 0.2) is 42.6 Å². The van der Waals surface area contributed by atoms with E-state index in [0.29, 0.717) is 38.6 Å². The number of hydrogen-bond donors (Lipinski definition) is 1. The number of benzene rings is 1. The van der Waals surface area contributed by atoms with Gasteiger partial charge in [-0.25, -0.2) is 4.79 Å². The smallest absolute Gasteiger partial charge is 0.320 e. The molecule has 0 radical (unpaired) electrons. The number of β-amino-alcohol motifs (C(OH)–C–C–N with tert-alkyl or cyclic N) is 1. The van der Waals surface area contributed by atoms with Crippen molar-refractivity contribution in [2.24, 2.45) is 5.92 Å². The molecule has 3 amide bonds. The number of aliphatic hydroxyl groups excluding tert-OH is 1. The van der Waals surface area contributed by atoms with Gasteiger partial charge in [-0.2, -0.15) is 0 Å². The highest BCUT2D eigenvalue weighted by Gasteiger charge is 2.31.